The number of para-hydroxylation sites is 1. The van der Waals surface area contributed by atoms with Gasteiger partial charge in [-0.3, -0.25) is 19.1 Å². The van der Waals surface area contributed by atoms with Crippen LogP contribution in [0.15, 0.2) is 73.3 Å². The minimum atomic E-state index is -3.65. The van der Waals surface area contributed by atoms with E-state index in [0.717, 1.165) is 11.3 Å². The first-order valence-electron chi connectivity index (χ1n) is 14.4. The Morgan fingerprint density at radius 2 is 1.89 bits per heavy atom. The minimum absolute atomic E-state index is 0.0976. The molecule has 6 rings (SSSR count). The number of carbonyl (C=O) groups excluding carboxylic acids is 1. The number of phenols is 1. The zero-order chi connectivity index (χ0) is 31.9. The maximum absolute atomic E-state index is 13.8. The summed E-state index contributed by atoms with van der Waals surface area (Å²) in [4.78, 5) is 29.5. The van der Waals surface area contributed by atoms with Crippen molar-refractivity contribution in [3.63, 3.8) is 0 Å². The number of H-pyrrole nitrogens is 1. The Morgan fingerprint density at radius 3 is 2.64 bits per heavy atom. The lowest BCUT2D eigenvalue weighted by Gasteiger charge is -2.41. The monoisotopic (exact) mass is 629 g/mol. The number of hydrogen-bond donors (Lipinski definition) is 5. The molecule has 0 saturated heterocycles. The predicted molar refractivity (Wildman–Crippen MR) is 176 cm³/mol. The number of benzene rings is 2. The summed E-state index contributed by atoms with van der Waals surface area (Å²) in [6.07, 6.45) is 4.51. The second-order valence-corrected chi connectivity index (χ2v) is 13.2. The van der Waals surface area contributed by atoms with Gasteiger partial charge in [-0.25, -0.2) is 18.4 Å². The number of amides is 1. The van der Waals surface area contributed by atoms with Gasteiger partial charge in [0.05, 0.1) is 22.9 Å². The number of rotatable bonds is 10. The van der Waals surface area contributed by atoms with Crippen LogP contribution in [0.4, 0.5) is 17.2 Å². The molecule has 1 amide bonds. The van der Waals surface area contributed by atoms with Gasteiger partial charge in [-0.1, -0.05) is 18.2 Å². The Bertz CT molecular complexity index is 1970. The molecule has 0 saturated carbocycles. The first-order valence-corrected chi connectivity index (χ1v) is 16.1. The van der Waals surface area contributed by atoms with Gasteiger partial charge in [-0.05, 0) is 69.4 Å². The van der Waals surface area contributed by atoms with Gasteiger partial charge in [-0.2, -0.15) is 0 Å². The number of hydrogen-bond acceptors (Lipinski definition) is 9. The minimum Gasteiger partial charge on any atom is -0.508 e. The summed E-state index contributed by atoms with van der Waals surface area (Å²) in [5, 5.41) is 14.7. The predicted octanol–water partition coefficient (Wildman–Crippen LogP) is 3.77. The van der Waals surface area contributed by atoms with Crippen LogP contribution in [0.5, 0.6) is 5.75 Å². The molecule has 234 valence electrons. The molecule has 3 aromatic heterocycles. The van der Waals surface area contributed by atoms with E-state index in [9.17, 15) is 18.3 Å². The van der Waals surface area contributed by atoms with E-state index in [1.807, 2.05) is 56.4 Å². The molecular formula is C31H35N9O4S. The Balaban J connectivity index is 1.34. The molecule has 1 unspecified atom stereocenters. The second kappa shape index (κ2) is 11.8. The highest BCUT2D eigenvalue weighted by Gasteiger charge is 2.37. The zero-order valence-electron chi connectivity index (χ0n) is 25.3. The van der Waals surface area contributed by atoms with Crippen LogP contribution in [0, 0.1) is 6.92 Å². The van der Waals surface area contributed by atoms with Crippen molar-refractivity contribution in [3.05, 3.63) is 84.6 Å². The summed E-state index contributed by atoms with van der Waals surface area (Å²) in [7, 11) is -0.0538. The number of sulfonamides is 1. The van der Waals surface area contributed by atoms with E-state index in [1.165, 1.54) is 12.4 Å². The normalized spacial score (nSPS) is 15.6. The number of aromatic nitrogens is 4. The average molecular weight is 630 g/mol. The second-order valence-electron chi connectivity index (χ2n) is 11.4. The number of aromatic hydroxyl groups is 1. The summed E-state index contributed by atoms with van der Waals surface area (Å²) in [5.41, 5.74) is 7.64. The van der Waals surface area contributed by atoms with Crippen LogP contribution >= 0.6 is 0 Å². The van der Waals surface area contributed by atoms with Crippen molar-refractivity contribution in [2.75, 3.05) is 46.8 Å². The first kappa shape index (κ1) is 30.0. The van der Waals surface area contributed by atoms with Crippen LogP contribution in [0.3, 0.4) is 0 Å². The molecule has 1 aliphatic rings. The number of phenolic OH excluding ortho intramolecular Hbond substituents is 1. The van der Waals surface area contributed by atoms with E-state index in [0.29, 0.717) is 40.2 Å². The average Bonchev–Trinajstić information content (AvgIpc) is 3.60. The van der Waals surface area contributed by atoms with E-state index in [-0.39, 0.29) is 29.1 Å². The molecule has 4 heterocycles. The van der Waals surface area contributed by atoms with Gasteiger partial charge in [0, 0.05) is 36.3 Å². The number of nitrogens with one attached hydrogen (secondary N) is 4. The third-order valence-electron chi connectivity index (χ3n) is 7.71. The summed E-state index contributed by atoms with van der Waals surface area (Å²) in [5.74, 6) is 0.168. The molecule has 14 heteroatoms. The number of aryl methyl sites for hydroxylation is 1. The van der Waals surface area contributed by atoms with Crippen LogP contribution in [-0.4, -0.2) is 82.6 Å². The molecule has 0 fully saturated rings. The van der Waals surface area contributed by atoms with E-state index >= 15 is 0 Å². The topological polar surface area (TPSA) is 161 Å². The maximum atomic E-state index is 13.8. The van der Waals surface area contributed by atoms with Crippen molar-refractivity contribution < 1.29 is 18.3 Å². The van der Waals surface area contributed by atoms with Gasteiger partial charge in [0.15, 0.2) is 0 Å². The molecule has 2 aromatic carbocycles. The molecule has 0 radical (unpaired) electrons. The summed E-state index contributed by atoms with van der Waals surface area (Å²) < 4.78 is 29.7. The molecule has 2 atom stereocenters. The zero-order valence-corrected chi connectivity index (χ0v) is 26.1. The lowest BCUT2D eigenvalue weighted by atomic mass is 10.0. The highest BCUT2D eigenvalue weighted by Crippen LogP contribution is 2.36. The number of anilines is 3. The fourth-order valence-electron chi connectivity index (χ4n) is 5.51. The highest BCUT2D eigenvalue weighted by atomic mass is 32.2. The molecule has 5 aromatic rings. The third kappa shape index (κ3) is 6.01. The summed E-state index contributed by atoms with van der Waals surface area (Å²) >= 11 is 0. The number of fused-ring (bicyclic) bond motifs is 2. The van der Waals surface area contributed by atoms with Crippen LogP contribution < -0.4 is 20.4 Å². The molecule has 0 spiro atoms. The van der Waals surface area contributed by atoms with E-state index in [1.54, 1.807) is 46.9 Å². The standard InChI is InChI=1S/C31H35N9O4S/c1-19-10-11-39-27(19)31(42)40(23-8-6-5-7-9-23)30(36-39)20(2)35-29-26-25(17-32-28(26)33-18-34-29)21-14-22(16-24(41)15-21)37-45(43,44)13-12-38(3)4/h5-11,14-18,20,30,36-37,41H,12-13H2,1-4H3,(H2,32,33,34,35)/t20-,30?/m0/s1. The van der Waals surface area contributed by atoms with Crippen LogP contribution in [0.2, 0.25) is 0 Å². The first-order chi connectivity index (χ1) is 21.5. The Labute approximate surface area is 260 Å². The number of nitrogens with zero attached hydrogens (tertiary/aromatic N) is 5. The van der Waals surface area contributed by atoms with Gasteiger partial charge in [0.1, 0.15) is 35.4 Å². The van der Waals surface area contributed by atoms with Gasteiger partial charge in [0.2, 0.25) is 10.0 Å². The van der Waals surface area contributed by atoms with Crippen molar-refractivity contribution in [3.8, 4) is 16.9 Å². The fourth-order valence-corrected chi connectivity index (χ4v) is 6.69. The lowest BCUT2D eigenvalue weighted by molar-refractivity contribution is 0.0954. The largest absolute Gasteiger partial charge is 0.508 e. The van der Waals surface area contributed by atoms with Crippen molar-refractivity contribution in [2.45, 2.75) is 26.1 Å². The van der Waals surface area contributed by atoms with E-state index in [2.05, 4.69) is 30.4 Å². The molecule has 0 bridgehead atoms. The lowest BCUT2D eigenvalue weighted by Crippen LogP contribution is -2.59. The number of carbonyl (C=O) groups is 1. The number of aromatic amines is 1. The van der Waals surface area contributed by atoms with Crippen molar-refractivity contribution in [1.29, 1.82) is 0 Å². The molecule has 1 aliphatic heterocycles. The molecule has 5 N–H and O–H groups in total. The van der Waals surface area contributed by atoms with Crippen molar-refractivity contribution in [2.24, 2.45) is 0 Å². The van der Waals surface area contributed by atoms with Crippen LogP contribution in [0.25, 0.3) is 22.2 Å². The summed E-state index contributed by atoms with van der Waals surface area (Å²) in [6.45, 7) is 4.21. The van der Waals surface area contributed by atoms with Gasteiger partial charge in [-0.15, -0.1) is 0 Å². The van der Waals surface area contributed by atoms with Crippen molar-refractivity contribution in [1.82, 2.24) is 24.5 Å². The van der Waals surface area contributed by atoms with E-state index < -0.39 is 16.2 Å². The Morgan fingerprint density at radius 1 is 1.11 bits per heavy atom. The highest BCUT2D eigenvalue weighted by molar-refractivity contribution is 7.92. The van der Waals surface area contributed by atoms with Gasteiger partial charge < -0.3 is 25.7 Å². The van der Waals surface area contributed by atoms with Gasteiger partial charge in [0.25, 0.3) is 5.91 Å². The SMILES string of the molecule is Cc1ccn2c1C(=O)N(c1ccccc1)C([C@H](C)Nc1ncnc3[nH]cc(-c4cc(O)cc(NS(=O)(=O)CCN(C)C)c4)c13)N2. The van der Waals surface area contributed by atoms with Crippen LogP contribution in [-0.2, 0) is 10.0 Å². The fraction of sp³-hybridized carbons (Fsp3) is 0.258. The Hall–Kier alpha value is -5.08. The summed E-state index contributed by atoms with van der Waals surface area (Å²) in [6, 6.07) is 15.6. The quantitative estimate of drug-likeness (QED) is 0.155. The van der Waals surface area contributed by atoms with E-state index in [4.69, 9.17) is 0 Å². The molecule has 0 aliphatic carbocycles. The molecular weight excluding hydrogens is 594 g/mol. The molecule has 13 nitrogen and oxygen atoms in total. The third-order valence-corrected chi connectivity index (χ3v) is 8.98. The molecule has 45 heavy (non-hydrogen) atoms. The maximum Gasteiger partial charge on any atom is 0.278 e. The van der Waals surface area contributed by atoms with Gasteiger partial charge >= 0.3 is 0 Å². The van der Waals surface area contributed by atoms with Crippen molar-refractivity contribution >= 4 is 44.2 Å². The Kier molecular flexibility index (Phi) is 7.85. The smallest absolute Gasteiger partial charge is 0.278 e. The van der Waals surface area contributed by atoms with Crippen LogP contribution in [0.1, 0.15) is 23.0 Å².